The molecule has 4 aromatic rings. The van der Waals surface area contributed by atoms with Crippen molar-refractivity contribution in [2.75, 3.05) is 12.9 Å². The van der Waals surface area contributed by atoms with Crippen molar-refractivity contribution in [3.63, 3.8) is 0 Å². The fourth-order valence-corrected chi connectivity index (χ4v) is 3.83. The van der Waals surface area contributed by atoms with E-state index in [0.717, 1.165) is 22.7 Å². The minimum absolute atomic E-state index is 0.444. The molecule has 146 valence electrons. The first-order chi connectivity index (χ1) is 14.3. The Hall–Kier alpha value is -3.16. The average molecular weight is 404 g/mol. The fourth-order valence-electron chi connectivity index (χ4n) is 2.91. The number of methoxy groups -OCH3 is 1. The maximum Gasteiger partial charge on any atom is 0.196 e. The van der Waals surface area contributed by atoms with Crippen molar-refractivity contribution >= 4 is 11.8 Å². The van der Waals surface area contributed by atoms with Crippen molar-refractivity contribution in [2.24, 2.45) is 0 Å². The number of rotatable bonds is 7. The Bertz CT molecular complexity index is 1050. The molecule has 1 N–H and O–H groups in total. The number of aliphatic hydroxyl groups excluding tert-OH is 1. The van der Waals surface area contributed by atoms with Crippen LogP contribution in [0.1, 0.15) is 11.7 Å². The van der Waals surface area contributed by atoms with Crippen LogP contribution in [-0.2, 0) is 0 Å². The SMILES string of the molecule is COc1ccc([C@@H](O)CSc2nnc(-c3ccccn3)n2-c2ccccc2)cc1. The van der Waals surface area contributed by atoms with Gasteiger partial charge in [0, 0.05) is 17.6 Å². The summed E-state index contributed by atoms with van der Waals surface area (Å²) in [4.78, 5) is 4.41. The molecule has 0 saturated carbocycles. The number of aliphatic hydroxyl groups is 1. The van der Waals surface area contributed by atoms with E-state index in [9.17, 15) is 5.11 Å². The maximum atomic E-state index is 10.6. The van der Waals surface area contributed by atoms with Crippen molar-refractivity contribution in [2.45, 2.75) is 11.3 Å². The van der Waals surface area contributed by atoms with Crippen molar-refractivity contribution in [1.82, 2.24) is 19.7 Å². The number of para-hydroxylation sites is 1. The summed E-state index contributed by atoms with van der Waals surface area (Å²) in [5.74, 6) is 1.87. The summed E-state index contributed by atoms with van der Waals surface area (Å²) in [6.45, 7) is 0. The van der Waals surface area contributed by atoms with Crippen LogP contribution in [0, 0.1) is 0 Å². The van der Waals surface area contributed by atoms with E-state index >= 15 is 0 Å². The van der Waals surface area contributed by atoms with Gasteiger partial charge in [-0.15, -0.1) is 10.2 Å². The highest BCUT2D eigenvalue weighted by atomic mass is 32.2. The molecule has 29 heavy (non-hydrogen) atoms. The van der Waals surface area contributed by atoms with Gasteiger partial charge >= 0.3 is 0 Å². The molecule has 0 spiro atoms. The van der Waals surface area contributed by atoms with Crippen LogP contribution in [0.5, 0.6) is 5.75 Å². The van der Waals surface area contributed by atoms with Crippen molar-refractivity contribution in [1.29, 1.82) is 0 Å². The van der Waals surface area contributed by atoms with Crippen molar-refractivity contribution in [3.8, 4) is 23.0 Å². The normalized spacial score (nSPS) is 11.9. The number of thioether (sulfide) groups is 1. The first-order valence-electron chi connectivity index (χ1n) is 9.13. The molecular formula is C22H20N4O2S. The Morgan fingerprint density at radius 3 is 2.41 bits per heavy atom. The predicted molar refractivity (Wildman–Crippen MR) is 113 cm³/mol. The summed E-state index contributed by atoms with van der Waals surface area (Å²) in [6, 6.07) is 23.0. The Labute approximate surface area is 173 Å². The summed E-state index contributed by atoms with van der Waals surface area (Å²) >= 11 is 1.45. The molecular weight excluding hydrogens is 384 g/mol. The van der Waals surface area contributed by atoms with Crippen molar-refractivity contribution < 1.29 is 9.84 Å². The second-order valence-electron chi connectivity index (χ2n) is 6.29. The molecule has 0 aliphatic heterocycles. The number of benzene rings is 2. The molecule has 0 bridgehead atoms. The van der Waals surface area contributed by atoms with Gasteiger partial charge in [-0.1, -0.05) is 48.2 Å². The zero-order chi connectivity index (χ0) is 20.1. The molecule has 1 atom stereocenters. The first kappa shape index (κ1) is 19.2. The van der Waals surface area contributed by atoms with Crippen LogP contribution >= 0.6 is 11.8 Å². The van der Waals surface area contributed by atoms with Crippen LogP contribution in [0.4, 0.5) is 0 Å². The third-order valence-electron chi connectivity index (χ3n) is 4.41. The average Bonchev–Trinajstić information content (AvgIpc) is 3.22. The van der Waals surface area contributed by atoms with Crippen LogP contribution in [0.2, 0.25) is 0 Å². The lowest BCUT2D eigenvalue weighted by Crippen LogP contribution is -2.04. The smallest absolute Gasteiger partial charge is 0.196 e. The van der Waals surface area contributed by atoms with Gasteiger partial charge in [0.15, 0.2) is 11.0 Å². The van der Waals surface area contributed by atoms with Gasteiger partial charge in [-0.2, -0.15) is 0 Å². The topological polar surface area (TPSA) is 73.1 Å². The van der Waals surface area contributed by atoms with Gasteiger partial charge < -0.3 is 9.84 Å². The first-order valence-corrected chi connectivity index (χ1v) is 10.1. The number of nitrogens with zero attached hydrogens (tertiary/aromatic N) is 4. The van der Waals surface area contributed by atoms with Crippen LogP contribution in [0.15, 0.2) is 84.1 Å². The molecule has 0 aliphatic rings. The van der Waals surface area contributed by atoms with Crippen LogP contribution < -0.4 is 4.74 Å². The van der Waals surface area contributed by atoms with Crippen molar-refractivity contribution in [3.05, 3.63) is 84.6 Å². The summed E-state index contributed by atoms with van der Waals surface area (Å²) in [7, 11) is 1.62. The Kier molecular flexibility index (Phi) is 5.88. The third-order valence-corrected chi connectivity index (χ3v) is 5.42. The second kappa shape index (κ2) is 8.89. The zero-order valence-electron chi connectivity index (χ0n) is 15.8. The van der Waals surface area contributed by atoms with Gasteiger partial charge in [-0.25, -0.2) is 0 Å². The van der Waals surface area contributed by atoms with E-state index < -0.39 is 6.10 Å². The standard InChI is InChI=1S/C22H20N4O2S/c1-28-18-12-10-16(11-13-18)20(27)15-29-22-25-24-21(19-9-5-6-14-23-19)26(22)17-7-3-2-4-8-17/h2-14,20,27H,15H2,1H3/t20-/m0/s1. The van der Waals surface area contributed by atoms with Gasteiger partial charge in [-0.05, 0) is 42.0 Å². The van der Waals surface area contributed by atoms with E-state index in [1.807, 2.05) is 77.4 Å². The molecule has 2 aromatic carbocycles. The Balaban J connectivity index is 1.61. The molecule has 0 fully saturated rings. The number of pyridine rings is 1. The second-order valence-corrected chi connectivity index (χ2v) is 7.28. The fraction of sp³-hybridized carbons (Fsp3) is 0.136. The van der Waals surface area contributed by atoms with Crippen LogP contribution in [-0.4, -0.2) is 37.7 Å². The minimum atomic E-state index is -0.634. The molecule has 0 saturated heterocycles. The number of hydrogen-bond acceptors (Lipinski definition) is 6. The summed E-state index contributed by atoms with van der Waals surface area (Å²) in [5, 5.41) is 20.0. The van der Waals surface area contributed by atoms with E-state index in [4.69, 9.17) is 4.74 Å². The van der Waals surface area contributed by atoms with Crippen LogP contribution in [0.3, 0.4) is 0 Å². The van der Waals surface area contributed by atoms with Gasteiger partial charge in [0.1, 0.15) is 11.4 Å². The number of aromatic nitrogens is 4. The number of ether oxygens (including phenoxy) is 1. The predicted octanol–water partition coefficient (Wildman–Crippen LogP) is 4.16. The van der Waals surface area contributed by atoms with E-state index in [1.165, 1.54) is 11.8 Å². The highest BCUT2D eigenvalue weighted by molar-refractivity contribution is 7.99. The Morgan fingerprint density at radius 2 is 1.72 bits per heavy atom. The lowest BCUT2D eigenvalue weighted by atomic mass is 10.1. The molecule has 0 amide bonds. The van der Waals surface area contributed by atoms with E-state index in [2.05, 4.69) is 15.2 Å². The molecule has 2 aromatic heterocycles. The largest absolute Gasteiger partial charge is 0.497 e. The van der Waals surface area contributed by atoms with Gasteiger partial charge in [0.05, 0.1) is 13.2 Å². The lowest BCUT2D eigenvalue weighted by molar-refractivity contribution is 0.204. The van der Waals surface area contributed by atoms with E-state index in [0.29, 0.717) is 16.7 Å². The summed E-state index contributed by atoms with van der Waals surface area (Å²) in [6.07, 6.45) is 1.10. The van der Waals surface area contributed by atoms with E-state index in [-0.39, 0.29) is 0 Å². The highest BCUT2D eigenvalue weighted by Gasteiger charge is 2.18. The van der Waals surface area contributed by atoms with Crippen LogP contribution in [0.25, 0.3) is 17.2 Å². The summed E-state index contributed by atoms with van der Waals surface area (Å²) in [5.41, 5.74) is 2.51. The monoisotopic (exact) mass is 404 g/mol. The third kappa shape index (κ3) is 4.31. The molecule has 0 radical (unpaired) electrons. The minimum Gasteiger partial charge on any atom is -0.497 e. The molecule has 0 aliphatic carbocycles. The molecule has 7 heteroatoms. The van der Waals surface area contributed by atoms with Gasteiger partial charge in [-0.3, -0.25) is 9.55 Å². The molecule has 0 unspecified atom stereocenters. The Morgan fingerprint density at radius 1 is 0.966 bits per heavy atom. The van der Waals surface area contributed by atoms with E-state index in [1.54, 1.807) is 13.3 Å². The zero-order valence-corrected chi connectivity index (χ0v) is 16.7. The van der Waals surface area contributed by atoms with Gasteiger partial charge in [0.2, 0.25) is 0 Å². The lowest BCUT2D eigenvalue weighted by Gasteiger charge is -2.13. The maximum absolute atomic E-state index is 10.6. The number of hydrogen-bond donors (Lipinski definition) is 1. The van der Waals surface area contributed by atoms with Gasteiger partial charge in [0.25, 0.3) is 0 Å². The highest BCUT2D eigenvalue weighted by Crippen LogP contribution is 2.30. The summed E-state index contributed by atoms with van der Waals surface area (Å²) < 4.78 is 7.14. The molecule has 4 rings (SSSR count). The molecule has 2 heterocycles. The molecule has 6 nitrogen and oxygen atoms in total. The quantitative estimate of drug-likeness (QED) is 0.466.